The Morgan fingerprint density at radius 1 is 1.12 bits per heavy atom. The van der Waals surface area contributed by atoms with Crippen molar-refractivity contribution >= 4 is 23.2 Å². The van der Waals surface area contributed by atoms with E-state index in [1.807, 2.05) is 0 Å². The number of hydrogen-bond donors (Lipinski definition) is 3. The molecule has 1 unspecified atom stereocenters. The van der Waals surface area contributed by atoms with Crippen molar-refractivity contribution in [3.05, 3.63) is 47.7 Å². The zero-order chi connectivity index (χ0) is 18.1. The summed E-state index contributed by atoms with van der Waals surface area (Å²) in [5.74, 6) is -0.100. The van der Waals surface area contributed by atoms with Gasteiger partial charge in [0.2, 0.25) is 0 Å². The number of anilines is 3. The van der Waals surface area contributed by atoms with Crippen LogP contribution in [0.25, 0.3) is 0 Å². The number of benzene rings is 1. The summed E-state index contributed by atoms with van der Waals surface area (Å²) >= 11 is 0. The zero-order valence-corrected chi connectivity index (χ0v) is 14.8. The van der Waals surface area contributed by atoms with Gasteiger partial charge in [-0.1, -0.05) is 6.07 Å². The van der Waals surface area contributed by atoms with Gasteiger partial charge in [0.15, 0.2) is 0 Å². The van der Waals surface area contributed by atoms with Crippen molar-refractivity contribution in [3.63, 3.8) is 0 Å². The maximum Gasteiger partial charge on any atom is 0.337 e. The predicted octanol–water partition coefficient (Wildman–Crippen LogP) is 2.46. The number of nitrogens with one attached hydrogen (secondary N) is 2. The van der Waals surface area contributed by atoms with Crippen LogP contribution in [-0.2, 0) is 0 Å². The minimum Gasteiger partial charge on any atom is -0.478 e. The monoisotopic (exact) mass is 353 g/mol. The predicted molar refractivity (Wildman–Crippen MR) is 102 cm³/mol. The first-order valence-electron chi connectivity index (χ1n) is 8.92. The van der Waals surface area contributed by atoms with E-state index < -0.39 is 5.97 Å². The van der Waals surface area contributed by atoms with Crippen LogP contribution in [0.4, 0.5) is 17.2 Å². The van der Waals surface area contributed by atoms with E-state index in [1.165, 1.54) is 23.1 Å². The van der Waals surface area contributed by atoms with Gasteiger partial charge in [0.1, 0.15) is 5.82 Å². The molecule has 7 nitrogen and oxygen atoms in total. The first-order chi connectivity index (χ1) is 12.6. The highest BCUT2D eigenvalue weighted by molar-refractivity contribution is 5.87. The van der Waals surface area contributed by atoms with Crippen LogP contribution in [-0.4, -0.2) is 53.8 Å². The largest absolute Gasteiger partial charge is 0.478 e. The Kier molecular flexibility index (Phi) is 4.38. The van der Waals surface area contributed by atoms with Crippen molar-refractivity contribution in [1.82, 2.24) is 9.88 Å². The summed E-state index contributed by atoms with van der Waals surface area (Å²) in [7, 11) is 0. The molecule has 0 saturated carbocycles. The number of rotatable bonds is 4. The molecule has 0 aliphatic carbocycles. The molecule has 26 heavy (non-hydrogen) atoms. The van der Waals surface area contributed by atoms with E-state index in [1.54, 1.807) is 12.1 Å². The smallest absolute Gasteiger partial charge is 0.337 e. The number of fused-ring (bicyclic) bond motifs is 1. The highest BCUT2D eigenvalue weighted by atomic mass is 16.4. The van der Waals surface area contributed by atoms with Crippen LogP contribution in [0.3, 0.4) is 0 Å². The van der Waals surface area contributed by atoms with Gasteiger partial charge in [-0.3, -0.25) is 4.90 Å². The molecule has 2 aliphatic heterocycles. The van der Waals surface area contributed by atoms with Crippen LogP contribution in [0, 0.1) is 0 Å². The fraction of sp³-hybridized carbons (Fsp3) is 0.368. The number of aromatic carboxylic acids is 1. The quantitative estimate of drug-likeness (QED) is 0.779. The number of carboxylic acids is 1. The molecular formula is C19H23N5O2. The fourth-order valence-corrected chi connectivity index (χ4v) is 3.61. The van der Waals surface area contributed by atoms with Crippen LogP contribution >= 0.6 is 0 Å². The topological polar surface area (TPSA) is 80.7 Å². The Morgan fingerprint density at radius 2 is 1.88 bits per heavy atom. The van der Waals surface area contributed by atoms with Crippen molar-refractivity contribution in [3.8, 4) is 0 Å². The third-order valence-electron chi connectivity index (χ3n) is 5.26. The van der Waals surface area contributed by atoms with E-state index in [9.17, 15) is 4.79 Å². The standard InChI is InChI=1S/C19H23N5O2/c1-13(14-2-4-16-17(10-14)22-12-21-16)23-6-8-24(9-7-23)18-5-3-15(11-20-18)19(25)26/h2-5,10-11,13,21-22H,6-9,12H2,1H3,(H,25,26). The molecule has 0 spiro atoms. The number of carbonyl (C=O) groups is 1. The lowest BCUT2D eigenvalue weighted by atomic mass is 10.0. The number of hydrogen-bond acceptors (Lipinski definition) is 6. The van der Waals surface area contributed by atoms with Crippen LogP contribution in [0.1, 0.15) is 28.9 Å². The summed E-state index contributed by atoms with van der Waals surface area (Å²) < 4.78 is 0. The fourth-order valence-electron chi connectivity index (χ4n) is 3.61. The zero-order valence-electron chi connectivity index (χ0n) is 14.8. The molecule has 4 rings (SSSR count). The average molecular weight is 353 g/mol. The average Bonchev–Trinajstić information content (AvgIpc) is 3.15. The number of piperazine rings is 1. The van der Waals surface area contributed by atoms with Crippen LogP contribution in [0.5, 0.6) is 0 Å². The van der Waals surface area contributed by atoms with Gasteiger partial charge in [0.25, 0.3) is 0 Å². The SMILES string of the molecule is CC(c1ccc2c(c1)NCN2)N1CCN(c2ccc(C(=O)O)cn2)CC1. The lowest BCUT2D eigenvalue weighted by Crippen LogP contribution is -2.47. The molecule has 136 valence electrons. The van der Waals surface area contributed by atoms with Crippen molar-refractivity contribution in [2.75, 3.05) is 48.4 Å². The Labute approximate surface area is 152 Å². The van der Waals surface area contributed by atoms with Crippen molar-refractivity contribution < 1.29 is 9.90 Å². The molecule has 1 fully saturated rings. The first kappa shape index (κ1) is 16.7. The molecule has 3 heterocycles. The van der Waals surface area contributed by atoms with Gasteiger partial charge < -0.3 is 20.6 Å². The Balaban J connectivity index is 1.39. The molecule has 7 heteroatoms. The third-order valence-corrected chi connectivity index (χ3v) is 5.26. The van der Waals surface area contributed by atoms with E-state index in [-0.39, 0.29) is 5.56 Å². The molecule has 2 aromatic rings. The molecule has 0 amide bonds. The molecule has 1 aromatic heterocycles. The highest BCUT2D eigenvalue weighted by Crippen LogP contribution is 2.31. The maximum atomic E-state index is 10.9. The first-order valence-corrected chi connectivity index (χ1v) is 8.92. The third kappa shape index (κ3) is 3.17. The summed E-state index contributed by atoms with van der Waals surface area (Å²) in [4.78, 5) is 19.9. The van der Waals surface area contributed by atoms with Gasteiger partial charge in [0, 0.05) is 38.4 Å². The number of aromatic nitrogens is 1. The van der Waals surface area contributed by atoms with E-state index in [0.29, 0.717) is 6.04 Å². The lowest BCUT2D eigenvalue weighted by molar-refractivity contribution is 0.0696. The number of nitrogens with zero attached hydrogens (tertiary/aromatic N) is 3. The van der Waals surface area contributed by atoms with Gasteiger partial charge in [-0.25, -0.2) is 9.78 Å². The van der Waals surface area contributed by atoms with E-state index in [2.05, 4.69) is 50.5 Å². The minimum atomic E-state index is -0.943. The second-order valence-corrected chi connectivity index (χ2v) is 6.74. The van der Waals surface area contributed by atoms with Crippen molar-refractivity contribution in [2.45, 2.75) is 13.0 Å². The maximum absolute atomic E-state index is 10.9. The van der Waals surface area contributed by atoms with E-state index in [0.717, 1.165) is 38.7 Å². The molecule has 3 N–H and O–H groups in total. The molecular weight excluding hydrogens is 330 g/mol. The molecule has 2 aliphatic rings. The lowest BCUT2D eigenvalue weighted by Gasteiger charge is -2.38. The Hall–Kier alpha value is -2.80. The Morgan fingerprint density at radius 3 is 2.58 bits per heavy atom. The van der Waals surface area contributed by atoms with Crippen LogP contribution < -0.4 is 15.5 Å². The second kappa shape index (κ2) is 6.84. The molecule has 1 aromatic carbocycles. The minimum absolute atomic E-state index is 0.223. The van der Waals surface area contributed by atoms with Gasteiger partial charge in [-0.2, -0.15) is 0 Å². The molecule has 1 atom stereocenters. The van der Waals surface area contributed by atoms with Crippen LogP contribution in [0.2, 0.25) is 0 Å². The van der Waals surface area contributed by atoms with Gasteiger partial charge in [-0.05, 0) is 36.8 Å². The molecule has 0 radical (unpaired) electrons. The second-order valence-electron chi connectivity index (χ2n) is 6.74. The summed E-state index contributed by atoms with van der Waals surface area (Å²) in [6, 6.07) is 10.3. The van der Waals surface area contributed by atoms with Crippen LogP contribution in [0.15, 0.2) is 36.5 Å². The highest BCUT2D eigenvalue weighted by Gasteiger charge is 2.24. The summed E-state index contributed by atoms with van der Waals surface area (Å²) in [6.45, 7) is 6.71. The van der Waals surface area contributed by atoms with Gasteiger partial charge >= 0.3 is 5.97 Å². The van der Waals surface area contributed by atoms with E-state index in [4.69, 9.17) is 5.11 Å². The Bertz CT molecular complexity index is 800. The summed E-state index contributed by atoms with van der Waals surface area (Å²) in [6.07, 6.45) is 1.43. The summed E-state index contributed by atoms with van der Waals surface area (Å²) in [5.41, 5.74) is 3.88. The molecule has 1 saturated heterocycles. The van der Waals surface area contributed by atoms with Crippen molar-refractivity contribution in [2.24, 2.45) is 0 Å². The number of pyridine rings is 1. The van der Waals surface area contributed by atoms with Gasteiger partial charge in [0.05, 0.1) is 23.6 Å². The summed E-state index contributed by atoms with van der Waals surface area (Å²) in [5, 5.41) is 15.6. The normalized spacial score (nSPS) is 18.0. The number of carboxylic acid groups (broad SMARTS) is 1. The molecule has 0 bridgehead atoms. The van der Waals surface area contributed by atoms with E-state index >= 15 is 0 Å². The van der Waals surface area contributed by atoms with Gasteiger partial charge in [-0.15, -0.1) is 0 Å². The van der Waals surface area contributed by atoms with Crippen molar-refractivity contribution in [1.29, 1.82) is 0 Å².